The summed E-state index contributed by atoms with van der Waals surface area (Å²) in [6.45, 7) is 2.37. The molecule has 9 heteroatoms. The molecule has 266 valence electrons. The molecule has 4 N–H and O–H groups in total. The third-order valence-corrected chi connectivity index (χ3v) is 9.63. The fourth-order valence-corrected chi connectivity index (χ4v) is 6.21. The maximum atomic E-state index is 9.53. The van der Waals surface area contributed by atoms with E-state index in [1.165, 1.54) is 22.3 Å². The van der Waals surface area contributed by atoms with E-state index in [1.807, 2.05) is 69.7 Å². The average Bonchev–Trinajstić information content (AvgIpc) is 3.15. The van der Waals surface area contributed by atoms with Crippen molar-refractivity contribution in [2.75, 3.05) is 55.0 Å². The molecule has 0 saturated heterocycles. The number of aliphatic hydroxyl groups is 1. The lowest BCUT2D eigenvalue weighted by Gasteiger charge is -2.20. The van der Waals surface area contributed by atoms with Gasteiger partial charge in [-0.25, -0.2) is 0 Å². The second-order valence-electron chi connectivity index (χ2n) is 11.5. The smallest absolute Gasteiger partial charge is 0.122 e. The number of hydrogen-bond acceptors (Lipinski definition) is 6. The van der Waals surface area contributed by atoms with Crippen LogP contribution in [0.1, 0.15) is 45.8 Å². The van der Waals surface area contributed by atoms with E-state index < -0.39 is 6.10 Å². The van der Waals surface area contributed by atoms with Crippen molar-refractivity contribution in [1.82, 2.24) is 16.0 Å². The standard InChI is InChI=1S/2C16H18BrNO.C9H12BrNO/c1-18-11-16(12-3-7-14(17)8-4-12)13-5-9-15(19-2)10-6-13;1-18-11-15(12-7-9-13(17)10-8-12)14-5-3-4-6-16(14)19-2;1-11-6-9(12)7-2-4-8(10)5-3-7/h3-10,16,18H,11H2,1-2H3;3-10,15,18H,11H2,1-2H3;2-5,9,11-12H,6H2,1H3. The Balaban J connectivity index is 0.000000209. The summed E-state index contributed by atoms with van der Waals surface area (Å²) in [5, 5.41) is 19.0. The summed E-state index contributed by atoms with van der Waals surface area (Å²) >= 11 is 10.3. The van der Waals surface area contributed by atoms with Gasteiger partial charge in [-0.2, -0.15) is 0 Å². The zero-order valence-corrected chi connectivity index (χ0v) is 34.1. The molecule has 0 heterocycles. The highest BCUT2D eigenvalue weighted by molar-refractivity contribution is 9.11. The summed E-state index contributed by atoms with van der Waals surface area (Å²) in [5.41, 5.74) is 6.02. The van der Waals surface area contributed by atoms with Crippen LogP contribution < -0.4 is 25.4 Å². The minimum Gasteiger partial charge on any atom is -0.497 e. The van der Waals surface area contributed by atoms with Crippen LogP contribution in [0.15, 0.2) is 135 Å². The molecular formula is C41H48Br3N3O3. The highest BCUT2D eigenvalue weighted by atomic mass is 79.9. The fourth-order valence-electron chi connectivity index (χ4n) is 5.42. The predicted octanol–water partition coefficient (Wildman–Crippen LogP) is 9.32. The number of rotatable bonds is 13. The van der Waals surface area contributed by atoms with Crippen LogP contribution >= 0.6 is 47.8 Å². The molecule has 5 rings (SSSR count). The van der Waals surface area contributed by atoms with Crippen molar-refractivity contribution in [3.05, 3.63) is 163 Å². The summed E-state index contributed by atoms with van der Waals surface area (Å²) in [4.78, 5) is 0. The van der Waals surface area contributed by atoms with Crippen LogP contribution in [-0.4, -0.2) is 60.1 Å². The Kier molecular flexibility index (Phi) is 18.8. The number of halogens is 3. The van der Waals surface area contributed by atoms with Gasteiger partial charge in [-0.1, -0.05) is 115 Å². The SMILES string of the molecule is CNCC(O)c1ccc(Br)cc1.CNCC(c1ccc(Br)cc1)c1ccc(OC)cc1.CNCC(c1ccc(Br)cc1)c1ccccc1OC. The van der Waals surface area contributed by atoms with Gasteiger partial charge in [0.2, 0.25) is 0 Å². The lowest BCUT2D eigenvalue weighted by atomic mass is 9.90. The maximum Gasteiger partial charge on any atom is 0.122 e. The molecule has 3 atom stereocenters. The van der Waals surface area contributed by atoms with Gasteiger partial charge in [0, 0.05) is 50.5 Å². The lowest BCUT2D eigenvalue weighted by Crippen LogP contribution is -2.18. The third-order valence-electron chi connectivity index (χ3n) is 8.05. The first-order chi connectivity index (χ1) is 24.2. The molecule has 0 aliphatic carbocycles. The van der Waals surface area contributed by atoms with Crippen LogP contribution in [0, 0.1) is 0 Å². The van der Waals surface area contributed by atoms with Crippen LogP contribution in [0.4, 0.5) is 0 Å². The number of hydrogen-bond donors (Lipinski definition) is 4. The van der Waals surface area contributed by atoms with Crippen molar-refractivity contribution in [3.63, 3.8) is 0 Å². The van der Waals surface area contributed by atoms with E-state index in [-0.39, 0.29) is 5.92 Å². The van der Waals surface area contributed by atoms with E-state index in [4.69, 9.17) is 9.47 Å². The maximum absolute atomic E-state index is 9.53. The van der Waals surface area contributed by atoms with E-state index in [9.17, 15) is 5.11 Å². The summed E-state index contributed by atoms with van der Waals surface area (Å²) in [6.07, 6.45) is -0.414. The molecule has 5 aromatic rings. The highest BCUT2D eigenvalue weighted by Gasteiger charge is 2.17. The van der Waals surface area contributed by atoms with Crippen LogP contribution in [-0.2, 0) is 0 Å². The molecule has 0 bridgehead atoms. The van der Waals surface area contributed by atoms with E-state index in [0.29, 0.717) is 12.5 Å². The second-order valence-corrected chi connectivity index (χ2v) is 14.2. The van der Waals surface area contributed by atoms with E-state index in [2.05, 4.69) is 137 Å². The van der Waals surface area contributed by atoms with Gasteiger partial charge in [-0.05, 0) is 98.0 Å². The van der Waals surface area contributed by atoms with Gasteiger partial charge in [-0.3, -0.25) is 0 Å². The van der Waals surface area contributed by atoms with Crippen LogP contribution in [0.5, 0.6) is 11.5 Å². The largest absolute Gasteiger partial charge is 0.497 e. The Morgan fingerprint density at radius 3 is 1.34 bits per heavy atom. The molecule has 0 aliphatic heterocycles. The normalized spacial score (nSPS) is 12.3. The molecule has 6 nitrogen and oxygen atoms in total. The van der Waals surface area contributed by atoms with Gasteiger partial charge in [-0.15, -0.1) is 0 Å². The van der Waals surface area contributed by atoms with Crippen LogP contribution in [0.2, 0.25) is 0 Å². The van der Waals surface area contributed by atoms with E-state index in [0.717, 1.165) is 43.6 Å². The molecular weight excluding hydrogens is 822 g/mol. The topological polar surface area (TPSA) is 74.8 Å². The van der Waals surface area contributed by atoms with Gasteiger partial charge in [0.1, 0.15) is 11.5 Å². The zero-order chi connectivity index (χ0) is 36.3. The molecule has 0 saturated carbocycles. The summed E-state index contributed by atoms with van der Waals surface area (Å²) in [7, 11) is 9.18. The van der Waals surface area contributed by atoms with Gasteiger partial charge in [0.25, 0.3) is 0 Å². The first-order valence-corrected chi connectivity index (χ1v) is 18.8. The third kappa shape index (κ3) is 13.3. The monoisotopic (exact) mass is 867 g/mol. The van der Waals surface area contributed by atoms with Crippen molar-refractivity contribution in [1.29, 1.82) is 0 Å². The second kappa shape index (κ2) is 22.7. The van der Waals surface area contributed by atoms with Gasteiger partial charge in [0.15, 0.2) is 0 Å². The summed E-state index contributed by atoms with van der Waals surface area (Å²) in [5.74, 6) is 2.46. The quantitative estimate of drug-likeness (QED) is 0.0947. The molecule has 0 aliphatic rings. The molecule has 0 fully saturated rings. The number of likely N-dealkylation sites (N-methyl/N-ethyl adjacent to an activating group) is 3. The zero-order valence-electron chi connectivity index (χ0n) is 29.3. The van der Waals surface area contributed by atoms with Crippen LogP contribution in [0.25, 0.3) is 0 Å². The number of benzene rings is 5. The van der Waals surface area contributed by atoms with Crippen molar-refractivity contribution < 1.29 is 14.6 Å². The Labute approximate surface area is 323 Å². The Bertz CT molecular complexity index is 1650. The number of aliphatic hydroxyl groups excluding tert-OH is 1. The molecule has 3 unspecified atom stereocenters. The number of methoxy groups -OCH3 is 2. The number of ether oxygens (including phenoxy) is 2. The predicted molar refractivity (Wildman–Crippen MR) is 219 cm³/mol. The Hall–Kier alpha value is -3.02. The van der Waals surface area contributed by atoms with Gasteiger partial charge >= 0.3 is 0 Å². The van der Waals surface area contributed by atoms with E-state index >= 15 is 0 Å². The van der Waals surface area contributed by atoms with Gasteiger partial charge in [0.05, 0.1) is 20.3 Å². The van der Waals surface area contributed by atoms with Crippen LogP contribution in [0.3, 0.4) is 0 Å². The molecule has 0 radical (unpaired) electrons. The van der Waals surface area contributed by atoms with Crippen molar-refractivity contribution in [3.8, 4) is 11.5 Å². The molecule has 0 spiro atoms. The summed E-state index contributed by atoms with van der Waals surface area (Å²) < 4.78 is 13.9. The lowest BCUT2D eigenvalue weighted by molar-refractivity contribution is 0.178. The molecule has 50 heavy (non-hydrogen) atoms. The highest BCUT2D eigenvalue weighted by Crippen LogP contribution is 2.32. The summed E-state index contributed by atoms with van der Waals surface area (Å²) in [6, 6.07) is 41.1. The van der Waals surface area contributed by atoms with Gasteiger partial charge < -0.3 is 30.5 Å². The first kappa shape index (κ1) is 41.4. The number of para-hydroxylation sites is 1. The molecule has 5 aromatic carbocycles. The van der Waals surface area contributed by atoms with E-state index in [1.54, 1.807) is 14.2 Å². The molecule has 0 amide bonds. The first-order valence-electron chi connectivity index (χ1n) is 16.4. The van der Waals surface area contributed by atoms with Crippen molar-refractivity contribution in [2.24, 2.45) is 0 Å². The Morgan fingerprint density at radius 2 is 0.900 bits per heavy atom. The fraction of sp³-hybridized carbons (Fsp3) is 0.268. The Morgan fingerprint density at radius 1 is 0.500 bits per heavy atom. The van der Waals surface area contributed by atoms with Crippen molar-refractivity contribution >= 4 is 47.8 Å². The molecule has 0 aromatic heterocycles. The number of nitrogens with one attached hydrogen (secondary N) is 3. The minimum atomic E-state index is -0.414. The average molecular weight is 871 g/mol. The van der Waals surface area contributed by atoms with Crippen molar-refractivity contribution in [2.45, 2.75) is 17.9 Å². The minimum absolute atomic E-state index is 0.286.